The molecule has 154 valence electrons. The van der Waals surface area contributed by atoms with Gasteiger partial charge in [0, 0.05) is 5.69 Å². The first-order valence-corrected chi connectivity index (χ1v) is 9.65. The second-order valence-electron chi connectivity index (χ2n) is 7.25. The van der Waals surface area contributed by atoms with Gasteiger partial charge in [-0.1, -0.05) is 0 Å². The van der Waals surface area contributed by atoms with E-state index in [9.17, 15) is 0 Å². The smallest absolute Gasteiger partial charge is 0.193 e. The normalized spacial score (nSPS) is 16.1. The second-order valence-corrected chi connectivity index (χ2v) is 7.25. The number of benzene rings is 1. The number of ether oxygens (including phenoxy) is 1. The van der Waals surface area contributed by atoms with Crippen LogP contribution in [0, 0.1) is 6.92 Å². The molecule has 1 fully saturated rings. The SMILES string of the molecule is Cc1ccc(C(CN=C(N)Nc2ccc(OC(C)C)cc2)N2CCCC2)o1.I. The fourth-order valence-electron chi connectivity index (χ4n) is 3.33. The summed E-state index contributed by atoms with van der Waals surface area (Å²) in [5.74, 6) is 3.13. The Balaban J connectivity index is 0.00000280. The number of aryl methyl sites for hydroxylation is 1. The molecule has 1 aliphatic heterocycles. The number of rotatable bonds is 7. The maximum absolute atomic E-state index is 6.11. The van der Waals surface area contributed by atoms with Crippen molar-refractivity contribution in [2.24, 2.45) is 10.7 Å². The van der Waals surface area contributed by atoms with Gasteiger partial charge >= 0.3 is 0 Å². The average molecular weight is 498 g/mol. The van der Waals surface area contributed by atoms with Crippen LogP contribution in [0.15, 0.2) is 45.8 Å². The topological polar surface area (TPSA) is 76.0 Å². The van der Waals surface area contributed by atoms with Crippen molar-refractivity contribution in [1.82, 2.24) is 4.90 Å². The van der Waals surface area contributed by atoms with Crippen molar-refractivity contribution in [2.75, 3.05) is 25.0 Å². The number of aliphatic imine (C=N–C) groups is 1. The molecule has 1 unspecified atom stereocenters. The Kier molecular flexibility index (Phi) is 8.62. The van der Waals surface area contributed by atoms with Gasteiger partial charge in [0.05, 0.1) is 18.7 Å². The first-order chi connectivity index (χ1) is 13.0. The molecule has 0 amide bonds. The Morgan fingerprint density at radius 2 is 1.86 bits per heavy atom. The van der Waals surface area contributed by atoms with Gasteiger partial charge in [-0.2, -0.15) is 0 Å². The van der Waals surface area contributed by atoms with Crippen LogP contribution in [-0.2, 0) is 0 Å². The quantitative estimate of drug-likeness (QED) is 0.333. The van der Waals surface area contributed by atoms with Gasteiger partial charge in [-0.25, -0.2) is 0 Å². The molecule has 2 heterocycles. The highest BCUT2D eigenvalue weighted by Gasteiger charge is 2.25. The van der Waals surface area contributed by atoms with E-state index in [1.807, 2.05) is 57.2 Å². The molecule has 1 aromatic carbocycles. The zero-order valence-corrected chi connectivity index (χ0v) is 19.2. The van der Waals surface area contributed by atoms with E-state index in [0.29, 0.717) is 12.5 Å². The van der Waals surface area contributed by atoms with E-state index in [1.54, 1.807) is 0 Å². The van der Waals surface area contributed by atoms with Crippen molar-refractivity contribution in [1.29, 1.82) is 0 Å². The second kappa shape index (κ2) is 10.7. The monoisotopic (exact) mass is 498 g/mol. The summed E-state index contributed by atoms with van der Waals surface area (Å²) in [4.78, 5) is 6.99. The summed E-state index contributed by atoms with van der Waals surface area (Å²) in [7, 11) is 0. The van der Waals surface area contributed by atoms with Crippen LogP contribution in [0.25, 0.3) is 0 Å². The van der Waals surface area contributed by atoms with Crippen LogP contribution in [0.2, 0.25) is 0 Å². The van der Waals surface area contributed by atoms with Crippen molar-refractivity contribution in [3.8, 4) is 5.75 Å². The number of guanidine groups is 1. The molecule has 2 aromatic rings. The summed E-state index contributed by atoms with van der Waals surface area (Å²) in [5, 5.41) is 3.15. The maximum Gasteiger partial charge on any atom is 0.193 e. The van der Waals surface area contributed by atoms with E-state index < -0.39 is 0 Å². The summed E-state index contributed by atoms with van der Waals surface area (Å²) in [6.07, 6.45) is 2.60. The van der Waals surface area contributed by atoms with Crippen molar-refractivity contribution >= 4 is 35.6 Å². The third kappa shape index (κ3) is 6.41. The zero-order valence-electron chi connectivity index (χ0n) is 16.9. The highest BCUT2D eigenvalue weighted by Crippen LogP contribution is 2.27. The summed E-state index contributed by atoms with van der Waals surface area (Å²) < 4.78 is 11.5. The number of anilines is 1. The first-order valence-electron chi connectivity index (χ1n) is 9.65. The van der Waals surface area contributed by atoms with Gasteiger partial charge in [-0.15, -0.1) is 24.0 Å². The minimum absolute atomic E-state index is 0. The molecule has 0 bridgehead atoms. The molecule has 1 atom stereocenters. The van der Waals surface area contributed by atoms with Crippen LogP contribution in [0.3, 0.4) is 0 Å². The van der Waals surface area contributed by atoms with Crippen molar-refractivity contribution in [3.05, 3.63) is 47.9 Å². The molecule has 3 N–H and O–H groups in total. The van der Waals surface area contributed by atoms with E-state index in [-0.39, 0.29) is 36.1 Å². The first kappa shape index (κ1) is 22.5. The summed E-state index contributed by atoms with van der Waals surface area (Å²) in [6, 6.07) is 11.9. The number of furan rings is 1. The van der Waals surface area contributed by atoms with E-state index in [1.165, 1.54) is 12.8 Å². The Morgan fingerprint density at radius 1 is 1.18 bits per heavy atom. The number of hydrogen-bond donors (Lipinski definition) is 2. The fourth-order valence-corrected chi connectivity index (χ4v) is 3.33. The Morgan fingerprint density at radius 3 is 2.43 bits per heavy atom. The third-order valence-corrected chi connectivity index (χ3v) is 4.60. The van der Waals surface area contributed by atoms with Gasteiger partial charge in [0.2, 0.25) is 0 Å². The van der Waals surface area contributed by atoms with Crippen LogP contribution in [0.5, 0.6) is 5.75 Å². The van der Waals surface area contributed by atoms with Crippen molar-refractivity contribution < 1.29 is 9.15 Å². The fraction of sp³-hybridized carbons (Fsp3) is 0.476. The molecular weight excluding hydrogens is 467 g/mol. The number of likely N-dealkylation sites (tertiary alicyclic amines) is 1. The zero-order chi connectivity index (χ0) is 19.2. The van der Waals surface area contributed by atoms with Gasteiger partial charge < -0.3 is 20.2 Å². The number of nitrogens with one attached hydrogen (secondary N) is 1. The molecule has 1 aromatic heterocycles. The van der Waals surface area contributed by atoms with Gasteiger partial charge in [-0.05, 0) is 83.1 Å². The Hall–Kier alpha value is -1.74. The average Bonchev–Trinajstić information content (AvgIpc) is 3.29. The molecular formula is C21H31IN4O2. The minimum atomic E-state index is 0. The number of hydrogen-bond acceptors (Lipinski definition) is 4. The molecule has 0 saturated carbocycles. The number of nitrogens with two attached hydrogens (primary N) is 1. The highest BCUT2D eigenvalue weighted by molar-refractivity contribution is 14.0. The van der Waals surface area contributed by atoms with Crippen LogP contribution in [0.1, 0.15) is 44.3 Å². The van der Waals surface area contributed by atoms with Crippen molar-refractivity contribution in [3.63, 3.8) is 0 Å². The largest absolute Gasteiger partial charge is 0.491 e. The van der Waals surface area contributed by atoms with E-state index in [4.69, 9.17) is 14.9 Å². The maximum atomic E-state index is 6.11. The summed E-state index contributed by atoms with van der Waals surface area (Å²) in [6.45, 7) is 8.70. The lowest BCUT2D eigenvalue weighted by atomic mass is 10.2. The highest BCUT2D eigenvalue weighted by atomic mass is 127. The Bertz CT molecular complexity index is 752. The van der Waals surface area contributed by atoms with Gasteiger partial charge in [0.15, 0.2) is 5.96 Å². The summed E-state index contributed by atoms with van der Waals surface area (Å²) in [5.41, 5.74) is 7.00. The van der Waals surface area contributed by atoms with Gasteiger partial charge in [0.25, 0.3) is 0 Å². The number of halogens is 1. The van der Waals surface area contributed by atoms with Crippen LogP contribution >= 0.6 is 24.0 Å². The van der Waals surface area contributed by atoms with E-state index in [2.05, 4.69) is 15.2 Å². The molecule has 6 nitrogen and oxygen atoms in total. The molecule has 28 heavy (non-hydrogen) atoms. The van der Waals surface area contributed by atoms with Gasteiger partial charge in [-0.3, -0.25) is 9.89 Å². The minimum Gasteiger partial charge on any atom is -0.491 e. The lowest BCUT2D eigenvalue weighted by molar-refractivity contribution is 0.219. The van der Waals surface area contributed by atoms with E-state index >= 15 is 0 Å². The lowest BCUT2D eigenvalue weighted by Crippen LogP contribution is -2.30. The molecule has 7 heteroatoms. The van der Waals surface area contributed by atoms with E-state index in [0.717, 1.165) is 36.0 Å². The third-order valence-electron chi connectivity index (χ3n) is 4.60. The molecule has 1 aliphatic rings. The summed E-state index contributed by atoms with van der Waals surface area (Å²) >= 11 is 0. The Labute approximate surface area is 184 Å². The van der Waals surface area contributed by atoms with Crippen LogP contribution < -0.4 is 15.8 Å². The molecule has 0 aliphatic carbocycles. The molecule has 3 rings (SSSR count). The van der Waals surface area contributed by atoms with Crippen molar-refractivity contribution in [2.45, 2.75) is 45.8 Å². The molecule has 1 saturated heterocycles. The standard InChI is InChI=1S/C21H30N4O2.HI/c1-15(2)26-18-9-7-17(8-10-18)24-21(22)23-14-19(25-12-4-5-13-25)20-11-6-16(3)27-20;/h6-11,15,19H,4-5,12-14H2,1-3H3,(H3,22,23,24);1H. The van der Waals surface area contributed by atoms with Crippen LogP contribution in [-0.4, -0.2) is 36.6 Å². The van der Waals surface area contributed by atoms with Crippen LogP contribution in [0.4, 0.5) is 5.69 Å². The predicted molar refractivity (Wildman–Crippen MR) is 125 cm³/mol. The predicted octanol–water partition coefficient (Wildman–Crippen LogP) is 4.56. The number of nitrogens with zero attached hydrogens (tertiary/aromatic N) is 2. The van der Waals surface area contributed by atoms with Gasteiger partial charge in [0.1, 0.15) is 17.3 Å². The molecule has 0 radical (unpaired) electrons. The lowest BCUT2D eigenvalue weighted by Gasteiger charge is -2.24. The molecule has 0 spiro atoms.